The van der Waals surface area contributed by atoms with Gasteiger partial charge in [-0.05, 0) is 23.0 Å². The second-order valence-electron chi connectivity index (χ2n) is 8.59. The molecular formula is C39H54O3. The molecule has 0 unspecified atom stereocenters. The standard InChI is InChI=1S/2C9H12.3C6H6.3CH4O/c2*1-8(2)9-6-4-3-5-7-9;3*1-2-4-6-5-3-1;3*1-2/h2*3-8H,1-2H3;3*1-6H;3*2H,1H3. The quantitative estimate of drug-likeness (QED) is 0.198. The molecule has 5 aromatic rings. The van der Waals surface area contributed by atoms with Gasteiger partial charge >= 0.3 is 0 Å². The second kappa shape index (κ2) is 37.0. The number of rotatable bonds is 2. The molecule has 0 radical (unpaired) electrons. The van der Waals surface area contributed by atoms with Crippen LogP contribution in [0.5, 0.6) is 0 Å². The van der Waals surface area contributed by atoms with Gasteiger partial charge in [-0.3, -0.25) is 0 Å². The van der Waals surface area contributed by atoms with Gasteiger partial charge in [-0.15, -0.1) is 0 Å². The first-order chi connectivity index (χ1) is 20.6. The minimum absolute atomic E-state index is 0.659. The van der Waals surface area contributed by atoms with Gasteiger partial charge in [0.05, 0.1) is 0 Å². The number of aliphatic hydroxyl groups excluding tert-OH is 3. The predicted molar refractivity (Wildman–Crippen MR) is 185 cm³/mol. The van der Waals surface area contributed by atoms with Gasteiger partial charge in [0.2, 0.25) is 0 Å². The third-order valence-corrected chi connectivity index (χ3v) is 4.93. The number of benzene rings is 5. The van der Waals surface area contributed by atoms with Crippen LogP contribution in [-0.2, 0) is 0 Å². The molecule has 3 nitrogen and oxygen atoms in total. The molecule has 0 aliphatic carbocycles. The number of aliphatic hydroxyl groups is 3. The van der Waals surface area contributed by atoms with E-state index in [2.05, 4.69) is 76.2 Å². The highest BCUT2D eigenvalue weighted by atomic mass is 16.2. The summed E-state index contributed by atoms with van der Waals surface area (Å²) in [7, 11) is 3.00. The minimum Gasteiger partial charge on any atom is -0.400 e. The first-order valence-corrected chi connectivity index (χ1v) is 14.0. The van der Waals surface area contributed by atoms with Crippen LogP contribution in [0.3, 0.4) is 0 Å². The van der Waals surface area contributed by atoms with Crippen LogP contribution in [0.4, 0.5) is 0 Å². The highest BCUT2D eigenvalue weighted by Gasteiger charge is 1.94. The summed E-state index contributed by atoms with van der Waals surface area (Å²) in [6.07, 6.45) is 0. The van der Waals surface area contributed by atoms with E-state index in [0.29, 0.717) is 11.8 Å². The second-order valence-corrected chi connectivity index (χ2v) is 8.59. The van der Waals surface area contributed by atoms with Crippen molar-refractivity contribution in [2.24, 2.45) is 0 Å². The third-order valence-electron chi connectivity index (χ3n) is 4.93. The molecule has 0 atom stereocenters. The Morgan fingerprint density at radius 1 is 0.262 bits per heavy atom. The molecule has 0 saturated heterocycles. The zero-order valence-electron chi connectivity index (χ0n) is 26.7. The van der Waals surface area contributed by atoms with Crippen molar-refractivity contribution in [1.82, 2.24) is 0 Å². The van der Waals surface area contributed by atoms with Gasteiger partial charge in [-0.1, -0.05) is 198 Å². The van der Waals surface area contributed by atoms with Crippen LogP contribution in [0, 0.1) is 0 Å². The van der Waals surface area contributed by atoms with Crippen LogP contribution in [0.25, 0.3) is 0 Å². The largest absolute Gasteiger partial charge is 0.400 e. The number of hydrogen-bond donors (Lipinski definition) is 3. The first-order valence-electron chi connectivity index (χ1n) is 14.0. The van der Waals surface area contributed by atoms with Crippen LogP contribution in [0.2, 0.25) is 0 Å². The normalized spacial score (nSPS) is 8.19. The fraction of sp³-hybridized carbons (Fsp3) is 0.231. The summed E-state index contributed by atoms with van der Waals surface area (Å²) in [5.74, 6) is 1.32. The SMILES string of the molecule is CC(C)c1ccccc1.CC(C)c1ccccc1.CO.CO.CO.c1ccccc1.c1ccccc1.c1ccccc1. The van der Waals surface area contributed by atoms with Crippen molar-refractivity contribution in [2.75, 3.05) is 21.3 Å². The monoisotopic (exact) mass is 570 g/mol. The van der Waals surface area contributed by atoms with E-state index in [1.165, 1.54) is 11.1 Å². The van der Waals surface area contributed by atoms with Gasteiger partial charge in [0.15, 0.2) is 0 Å². The fourth-order valence-electron chi connectivity index (χ4n) is 2.83. The Kier molecular flexibility index (Phi) is 37.4. The van der Waals surface area contributed by atoms with Gasteiger partial charge in [0, 0.05) is 21.3 Å². The maximum absolute atomic E-state index is 7.00. The number of hydrogen-bond acceptors (Lipinski definition) is 3. The van der Waals surface area contributed by atoms with E-state index in [0.717, 1.165) is 21.3 Å². The molecule has 42 heavy (non-hydrogen) atoms. The summed E-state index contributed by atoms with van der Waals surface area (Å²) < 4.78 is 0. The molecule has 3 N–H and O–H groups in total. The Balaban J connectivity index is -0.000000437. The van der Waals surface area contributed by atoms with Gasteiger partial charge < -0.3 is 15.3 Å². The first kappa shape index (κ1) is 42.4. The molecule has 0 aromatic heterocycles. The maximum Gasteiger partial charge on any atom is 0.0319 e. The van der Waals surface area contributed by atoms with Crippen molar-refractivity contribution < 1.29 is 15.3 Å². The molecule has 0 spiro atoms. The van der Waals surface area contributed by atoms with Crippen LogP contribution in [0.15, 0.2) is 170 Å². The molecule has 0 amide bonds. The third kappa shape index (κ3) is 30.5. The van der Waals surface area contributed by atoms with Crippen molar-refractivity contribution in [3.63, 3.8) is 0 Å². The summed E-state index contributed by atoms with van der Waals surface area (Å²) in [5, 5.41) is 21.0. The van der Waals surface area contributed by atoms with Gasteiger partial charge in [0.25, 0.3) is 0 Å². The van der Waals surface area contributed by atoms with E-state index < -0.39 is 0 Å². The summed E-state index contributed by atoms with van der Waals surface area (Å²) in [6, 6.07) is 57.0. The van der Waals surface area contributed by atoms with E-state index in [9.17, 15) is 0 Å². The lowest BCUT2D eigenvalue weighted by atomic mass is 10.0. The molecular weight excluding hydrogens is 516 g/mol. The highest BCUT2D eigenvalue weighted by molar-refractivity contribution is 5.18. The predicted octanol–water partition coefficient (Wildman–Crippen LogP) is 9.51. The van der Waals surface area contributed by atoms with Crippen LogP contribution in [0.1, 0.15) is 50.7 Å². The van der Waals surface area contributed by atoms with Gasteiger partial charge in [-0.25, -0.2) is 0 Å². The Labute approximate surface area is 256 Å². The summed E-state index contributed by atoms with van der Waals surface area (Å²) in [5.41, 5.74) is 2.83. The molecule has 0 saturated carbocycles. The van der Waals surface area contributed by atoms with E-state index in [1.54, 1.807) is 0 Å². The average Bonchev–Trinajstić information content (AvgIpc) is 3.12. The van der Waals surface area contributed by atoms with Crippen LogP contribution in [-0.4, -0.2) is 36.6 Å². The Bertz CT molecular complexity index is 856. The topological polar surface area (TPSA) is 60.7 Å². The zero-order chi connectivity index (χ0) is 32.1. The van der Waals surface area contributed by atoms with E-state index in [-0.39, 0.29) is 0 Å². The molecule has 0 aliphatic heterocycles. The van der Waals surface area contributed by atoms with Crippen molar-refractivity contribution in [1.29, 1.82) is 0 Å². The summed E-state index contributed by atoms with van der Waals surface area (Å²) in [6.45, 7) is 8.81. The molecule has 0 bridgehead atoms. The lowest BCUT2D eigenvalue weighted by Crippen LogP contribution is -1.83. The van der Waals surface area contributed by atoms with E-state index in [1.807, 2.05) is 121 Å². The Morgan fingerprint density at radius 2 is 0.381 bits per heavy atom. The molecule has 5 rings (SSSR count). The van der Waals surface area contributed by atoms with Crippen molar-refractivity contribution in [3.8, 4) is 0 Å². The van der Waals surface area contributed by atoms with E-state index in [4.69, 9.17) is 15.3 Å². The molecule has 0 heterocycles. The van der Waals surface area contributed by atoms with Crippen molar-refractivity contribution >= 4 is 0 Å². The zero-order valence-corrected chi connectivity index (χ0v) is 26.7. The Morgan fingerprint density at radius 3 is 0.476 bits per heavy atom. The van der Waals surface area contributed by atoms with Gasteiger partial charge in [-0.2, -0.15) is 0 Å². The molecule has 0 fully saturated rings. The van der Waals surface area contributed by atoms with Crippen LogP contribution >= 0.6 is 0 Å². The van der Waals surface area contributed by atoms with E-state index >= 15 is 0 Å². The average molecular weight is 571 g/mol. The van der Waals surface area contributed by atoms with Crippen molar-refractivity contribution in [3.05, 3.63) is 181 Å². The molecule has 228 valence electrons. The summed E-state index contributed by atoms with van der Waals surface area (Å²) >= 11 is 0. The molecule has 5 aromatic carbocycles. The molecule has 0 aliphatic rings. The van der Waals surface area contributed by atoms with Gasteiger partial charge in [0.1, 0.15) is 0 Å². The molecule has 3 heteroatoms. The lowest BCUT2D eigenvalue weighted by molar-refractivity contribution is 0.399. The van der Waals surface area contributed by atoms with Crippen molar-refractivity contribution in [2.45, 2.75) is 39.5 Å². The minimum atomic E-state index is 0.659. The summed E-state index contributed by atoms with van der Waals surface area (Å²) in [4.78, 5) is 0. The van der Waals surface area contributed by atoms with Crippen LogP contribution < -0.4 is 0 Å². The smallest absolute Gasteiger partial charge is 0.0319 e. The highest BCUT2D eigenvalue weighted by Crippen LogP contribution is 2.12. The maximum atomic E-state index is 7.00. The lowest BCUT2D eigenvalue weighted by Gasteiger charge is -2.01. The Hall–Kier alpha value is -4.02. The fourth-order valence-corrected chi connectivity index (χ4v) is 2.83.